The Labute approximate surface area is 175 Å². The van der Waals surface area contributed by atoms with Crippen LogP contribution in [0.1, 0.15) is 49.5 Å². The third kappa shape index (κ3) is 4.33. The Morgan fingerprint density at radius 3 is 2.41 bits per heavy atom. The summed E-state index contributed by atoms with van der Waals surface area (Å²) in [7, 11) is 0. The second kappa shape index (κ2) is 8.76. The van der Waals surface area contributed by atoms with Crippen LogP contribution < -0.4 is 11.1 Å². The van der Waals surface area contributed by atoms with Crippen LogP contribution in [0.15, 0.2) is 48.5 Å². The number of imide groups is 1. The molecule has 1 aliphatic carbocycles. The van der Waals surface area contributed by atoms with Crippen molar-refractivity contribution < 1.29 is 14.4 Å². The summed E-state index contributed by atoms with van der Waals surface area (Å²) in [5, 5.41) is 2.95. The highest BCUT2D eigenvalue weighted by molar-refractivity contribution is 6.22. The van der Waals surface area contributed by atoms with Gasteiger partial charge in [-0.3, -0.25) is 19.3 Å². The van der Waals surface area contributed by atoms with Gasteiger partial charge in [-0.15, -0.1) is 12.4 Å². The van der Waals surface area contributed by atoms with Gasteiger partial charge in [0.1, 0.15) is 0 Å². The molecule has 152 valence electrons. The summed E-state index contributed by atoms with van der Waals surface area (Å²) < 4.78 is 0. The molecule has 0 aromatic heterocycles. The van der Waals surface area contributed by atoms with E-state index in [1.165, 1.54) is 11.0 Å². The van der Waals surface area contributed by atoms with Crippen LogP contribution in [0.25, 0.3) is 0 Å². The second-order valence-electron chi connectivity index (χ2n) is 7.41. The van der Waals surface area contributed by atoms with E-state index in [-0.39, 0.29) is 36.2 Å². The topological polar surface area (TPSA) is 92.5 Å². The maximum atomic E-state index is 12.8. The van der Waals surface area contributed by atoms with Gasteiger partial charge < -0.3 is 11.1 Å². The van der Waals surface area contributed by atoms with Gasteiger partial charge in [-0.1, -0.05) is 30.3 Å². The first-order valence-electron chi connectivity index (χ1n) is 9.63. The Balaban J connectivity index is 0.00000240. The molecule has 1 heterocycles. The van der Waals surface area contributed by atoms with Crippen molar-refractivity contribution in [3.05, 3.63) is 70.8 Å². The monoisotopic (exact) mass is 413 g/mol. The van der Waals surface area contributed by atoms with E-state index < -0.39 is 0 Å². The van der Waals surface area contributed by atoms with Crippen LogP contribution in [0, 0.1) is 5.92 Å². The predicted molar refractivity (Wildman–Crippen MR) is 112 cm³/mol. The summed E-state index contributed by atoms with van der Waals surface area (Å²) in [6.07, 6.45) is 2.75. The van der Waals surface area contributed by atoms with Crippen molar-refractivity contribution in [3.63, 3.8) is 0 Å². The minimum atomic E-state index is -0.344. The first-order valence-corrected chi connectivity index (χ1v) is 9.63. The normalized spacial score (nSPS) is 16.2. The molecule has 6 nitrogen and oxygen atoms in total. The van der Waals surface area contributed by atoms with Gasteiger partial charge in [0.25, 0.3) is 17.7 Å². The predicted octanol–water partition coefficient (Wildman–Crippen LogP) is 2.41. The van der Waals surface area contributed by atoms with Crippen molar-refractivity contribution in [1.29, 1.82) is 0 Å². The average Bonchev–Trinajstić information content (AvgIpc) is 3.53. The lowest BCUT2D eigenvalue weighted by atomic mass is 10.0. The maximum Gasteiger partial charge on any atom is 0.261 e. The first kappa shape index (κ1) is 21.0. The Kier molecular flexibility index (Phi) is 6.35. The van der Waals surface area contributed by atoms with Crippen LogP contribution in [-0.2, 0) is 6.42 Å². The highest BCUT2D eigenvalue weighted by Crippen LogP contribution is 2.32. The quantitative estimate of drug-likeness (QED) is 0.682. The van der Waals surface area contributed by atoms with Crippen LogP contribution in [0.3, 0.4) is 0 Å². The Morgan fingerprint density at radius 1 is 1.07 bits per heavy atom. The van der Waals surface area contributed by atoms with Gasteiger partial charge in [0.2, 0.25) is 0 Å². The molecular formula is C22H24ClN3O3. The van der Waals surface area contributed by atoms with Gasteiger partial charge in [-0.2, -0.15) is 0 Å². The van der Waals surface area contributed by atoms with Gasteiger partial charge >= 0.3 is 0 Å². The van der Waals surface area contributed by atoms with Gasteiger partial charge in [0.05, 0.1) is 11.1 Å². The van der Waals surface area contributed by atoms with E-state index in [0.717, 1.165) is 18.4 Å². The summed E-state index contributed by atoms with van der Waals surface area (Å²) in [6.45, 7) is 0.709. The van der Waals surface area contributed by atoms with E-state index >= 15 is 0 Å². The largest absolute Gasteiger partial charge is 0.348 e. The smallest absolute Gasteiger partial charge is 0.261 e. The van der Waals surface area contributed by atoms with Crippen LogP contribution in [-0.4, -0.2) is 41.8 Å². The summed E-state index contributed by atoms with van der Waals surface area (Å²) in [6, 6.07) is 14.4. The lowest BCUT2D eigenvalue weighted by Gasteiger charge is -2.16. The number of hydrogen-bond acceptors (Lipinski definition) is 4. The van der Waals surface area contributed by atoms with Crippen LogP contribution >= 0.6 is 12.4 Å². The van der Waals surface area contributed by atoms with Crippen molar-refractivity contribution in [3.8, 4) is 0 Å². The van der Waals surface area contributed by atoms with E-state index in [1.807, 2.05) is 30.3 Å². The van der Waals surface area contributed by atoms with Crippen molar-refractivity contribution in [2.24, 2.45) is 11.7 Å². The number of carbonyl (C=O) groups excluding carboxylic acids is 3. The van der Waals surface area contributed by atoms with Crippen molar-refractivity contribution >= 4 is 30.1 Å². The number of nitrogens with zero attached hydrogens (tertiary/aromatic N) is 1. The van der Waals surface area contributed by atoms with E-state index in [4.69, 9.17) is 5.73 Å². The molecule has 1 fully saturated rings. The fraction of sp³-hybridized carbons (Fsp3) is 0.318. The molecule has 2 aliphatic rings. The second-order valence-corrected chi connectivity index (χ2v) is 7.41. The third-order valence-electron chi connectivity index (χ3n) is 5.46. The number of nitrogens with two attached hydrogens (primary N) is 1. The first-order chi connectivity index (χ1) is 13.6. The minimum absolute atomic E-state index is 0. The summed E-state index contributed by atoms with van der Waals surface area (Å²) in [5.74, 6) is -0.461. The highest BCUT2D eigenvalue weighted by atomic mass is 35.5. The van der Waals surface area contributed by atoms with E-state index in [0.29, 0.717) is 42.1 Å². The van der Waals surface area contributed by atoms with E-state index in [1.54, 1.807) is 12.1 Å². The van der Waals surface area contributed by atoms with Gasteiger partial charge in [0, 0.05) is 24.7 Å². The van der Waals surface area contributed by atoms with Crippen molar-refractivity contribution in [2.45, 2.75) is 25.3 Å². The van der Waals surface area contributed by atoms with Crippen LogP contribution in [0.4, 0.5) is 0 Å². The zero-order chi connectivity index (χ0) is 19.7. The number of nitrogens with one attached hydrogen (secondary N) is 1. The Bertz CT molecular complexity index is 928. The van der Waals surface area contributed by atoms with Gasteiger partial charge in [-0.05, 0) is 48.9 Å². The molecule has 1 saturated carbocycles. The molecule has 0 bridgehead atoms. The molecule has 3 N–H and O–H groups in total. The Hall–Kier alpha value is -2.70. The molecule has 0 radical (unpaired) electrons. The fourth-order valence-electron chi connectivity index (χ4n) is 3.64. The van der Waals surface area contributed by atoms with Crippen molar-refractivity contribution in [2.75, 3.05) is 13.1 Å². The summed E-state index contributed by atoms with van der Waals surface area (Å²) in [4.78, 5) is 39.2. The minimum Gasteiger partial charge on any atom is -0.348 e. The van der Waals surface area contributed by atoms with Gasteiger partial charge in [-0.25, -0.2) is 0 Å². The number of amides is 3. The number of hydrogen-bond donors (Lipinski definition) is 2. The molecule has 1 atom stereocenters. The maximum absolute atomic E-state index is 12.8. The zero-order valence-electron chi connectivity index (χ0n) is 16.0. The van der Waals surface area contributed by atoms with Gasteiger partial charge in [0.15, 0.2) is 0 Å². The third-order valence-corrected chi connectivity index (χ3v) is 5.46. The van der Waals surface area contributed by atoms with Crippen molar-refractivity contribution in [1.82, 2.24) is 10.2 Å². The summed E-state index contributed by atoms with van der Waals surface area (Å²) >= 11 is 0. The number of halogens is 1. The standard InChI is InChI=1S/C22H23N3O3.ClH/c23-13-19(15-6-7-15)24-20(26)16-8-9-17-18(12-16)22(28)25(21(17)27)11-10-14-4-2-1-3-5-14;/h1-5,8-9,12,15,19H,6-7,10-11,13,23H2,(H,24,26);1H. The molecule has 2 aromatic rings. The number of fused-ring (bicyclic) bond motifs is 1. The van der Waals surface area contributed by atoms with Crippen LogP contribution in [0.5, 0.6) is 0 Å². The average molecular weight is 414 g/mol. The SMILES string of the molecule is Cl.NCC(NC(=O)c1ccc2c(c1)C(=O)N(CCc1ccccc1)C2=O)C1CC1. The number of rotatable bonds is 7. The Morgan fingerprint density at radius 2 is 1.76 bits per heavy atom. The van der Waals surface area contributed by atoms with E-state index in [9.17, 15) is 14.4 Å². The fourth-order valence-corrected chi connectivity index (χ4v) is 3.64. The lowest BCUT2D eigenvalue weighted by molar-refractivity contribution is 0.0656. The van der Waals surface area contributed by atoms with Crippen LogP contribution in [0.2, 0.25) is 0 Å². The molecule has 7 heteroatoms. The molecule has 0 spiro atoms. The molecule has 1 unspecified atom stereocenters. The molecule has 1 aliphatic heterocycles. The molecular weight excluding hydrogens is 390 g/mol. The molecule has 0 saturated heterocycles. The molecule has 29 heavy (non-hydrogen) atoms. The number of benzene rings is 2. The lowest BCUT2D eigenvalue weighted by Crippen LogP contribution is -2.41. The number of carbonyl (C=O) groups is 3. The summed E-state index contributed by atoms with van der Waals surface area (Å²) in [5.41, 5.74) is 7.84. The molecule has 4 rings (SSSR count). The van der Waals surface area contributed by atoms with E-state index in [2.05, 4.69) is 5.32 Å². The zero-order valence-corrected chi connectivity index (χ0v) is 16.8. The highest BCUT2D eigenvalue weighted by Gasteiger charge is 2.36. The molecule has 3 amide bonds. The molecule has 2 aromatic carbocycles.